The molecule has 10 heteroatoms. The number of fused-ring (bicyclic) bond motifs is 2. The Kier molecular flexibility index (Phi) is 8.76. The number of carbonyl (C=O) groups is 2. The minimum absolute atomic E-state index is 0.0651. The van der Waals surface area contributed by atoms with Gasteiger partial charge in [-0.25, -0.2) is 9.18 Å². The molecular formula is C36H43FN2O7. The number of furan rings is 1. The average Bonchev–Trinajstić information content (AvgIpc) is 3.66. The first-order valence-corrected chi connectivity index (χ1v) is 16.1. The largest absolute Gasteiger partial charge is 0.497 e. The van der Waals surface area contributed by atoms with Crippen molar-refractivity contribution in [3.8, 4) is 23.0 Å². The molecule has 2 heterocycles. The normalized spacial score (nSPS) is 20.2. The minimum atomic E-state index is -1.24. The van der Waals surface area contributed by atoms with Gasteiger partial charge >= 0.3 is 6.09 Å². The van der Waals surface area contributed by atoms with Crippen molar-refractivity contribution in [2.75, 3.05) is 20.8 Å². The molecule has 0 radical (unpaired) electrons. The lowest BCUT2D eigenvalue weighted by atomic mass is 9.80. The first-order chi connectivity index (χ1) is 22.0. The number of hydrogen-bond donors (Lipinski definition) is 2. The molecule has 46 heavy (non-hydrogen) atoms. The quantitative estimate of drug-likeness (QED) is 0.177. The number of aliphatic hydroxyl groups is 1. The molecule has 2 saturated carbocycles. The molecule has 2 N–H and O–H groups in total. The first-order valence-electron chi connectivity index (χ1n) is 16.1. The van der Waals surface area contributed by atoms with E-state index in [9.17, 15) is 19.1 Å². The summed E-state index contributed by atoms with van der Waals surface area (Å²) in [6.07, 6.45) is 1.27. The maximum atomic E-state index is 14.9. The summed E-state index contributed by atoms with van der Waals surface area (Å²) in [7, 11) is 3.19. The zero-order valence-electron chi connectivity index (χ0n) is 27.2. The molecule has 0 bridgehead atoms. The van der Waals surface area contributed by atoms with E-state index in [2.05, 4.69) is 16.0 Å². The van der Waals surface area contributed by atoms with Gasteiger partial charge in [-0.05, 0) is 89.1 Å². The predicted octanol–water partition coefficient (Wildman–Crippen LogP) is 7.23. The third-order valence-electron chi connectivity index (χ3n) is 8.94. The van der Waals surface area contributed by atoms with Gasteiger partial charge in [0.05, 0.1) is 30.8 Å². The molecule has 0 saturated heterocycles. The van der Waals surface area contributed by atoms with Gasteiger partial charge in [0, 0.05) is 54.1 Å². The van der Waals surface area contributed by atoms with Crippen LogP contribution in [0.3, 0.4) is 0 Å². The Bertz CT molecular complexity index is 1760. The molecular weight excluding hydrogens is 591 g/mol. The molecule has 2 aromatic heterocycles. The van der Waals surface area contributed by atoms with E-state index in [1.807, 2.05) is 18.2 Å². The fourth-order valence-corrected chi connectivity index (χ4v) is 6.71. The fraction of sp³-hybridized carbons (Fsp3) is 0.500. The van der Waals surface area contributed by atoms with Gasteiger partial charge in [0.15, 0.2) is 11.5 Å². The number of ketones is 1. The maximum absolute atomic E-state index is 14.9. The second-order valence-electron chi connectivity index (χ2n) is 13.7. The van der Waals surface area contributed by atoms with Gasteiger partial charge < -0.3 is 33.6 Å². The summed E-state index contributed by atoms with van der Waals surface area (Å²) in [5, 5.41) is 14.6. The van der Waals surface area contributed by atoms with Crippen molar-refractivity contribution in [1.29, 1.82) is 0 Å². The number of halogens is 1. The van der Waals surface area contributed by atoms with Gasteiger partial charge in [-0.15, -0.1) is 0 Å². The first kappa shape index (κ1) is 31.9. The second-order valence-corrected chi connectivity index (χ2v) is 13.7. The van der Waals surface area contributed by atoms with E-state index in [4.69, 9.17) is 18.6 Å². The summed E-state index contributed by atoms with van der Waals surface area (Å²) >= 11 is 0. The van der Waals surface area contributed by atoms with E-state index in [0.29, 0.717) is 46.8 Å². The van der Waals surface area contributed by atoms with Crippen LogP contribution in [0.1, 0.15) is 68.8 Å². The highest BCUT2D eigenvalue weighted by Crippen LogP contribution is 2.44. The van der Waals surface area contributed by atoms with Crippen LogP contribution in [-0.4, -0.2) is 60.2 Å². The highest BCUT2D eigenvalue weighted by molar-refractivity contribution is 6.04. The van der Waals surface area contributed by atoms with Crippen LogP contribution in [0.2, 0.25) is 0 Å². The summed E-state index contributed by atoms with van der Waals surface area (Å²) in [6.45, 7) is 6.01. The number of rotatable bonds is 10. The van der Waals surface area contributed by atoms with Gasteiger partial charge in [-0.3, -0.25) is 4.79 Å². The zero-order chi connectivity index (χ0) is 32.7. The summed E-state index contributed by atoms with van der Waals surface area (Å²) in [5.41, 5.74) is 2.82. The molecule has 3 atom stereocenters. The van der Waals surface area contributed by atoms with Crippen LogP contribution < -0.4 is 14.8 Å². The van der Waals surface area contributed by atoms with E-state index in [0.717, 1.165) is 34.5 Å². The van der Waals surface area contributed by atoms with Crippen LogP contribution in [0.4, 0.5) is 9.18 Å². The number of alkyl halides is 1. The number of benzene rings is 2. The summed E-state index contributed by atoms with van der Waals surface area (Å²) in [5.74, 6) is 1.52. The Hall–Kier alpha value is -4.05. The van der Waals surface area contributed by atoms with Crippen molar-refractivity contribution >= 4 is 33.7 Å². The second kappa shape index (κ2) is 12.6. The van der Waals surface area contributed by atoms with Crippen LogP contribution in [-0.2, 0) is 17.7 Å². The van der Waals surface area contributed by atoms with Gasteiger partial charge in [0.1, 0.15) is 28.9 Å². The Morgan fingerprint density at radius 1 is 1.07 bits per heavy atom. The fourth-order valence-electron chi connectivity index (χ4n) is 6.71. The monoisotopic (exact) mass is 634 g/mol. The number of aromatic nitrogens is 1. The summed E-state index contributed by atoms with van der Waals surface area (Å²) in [4.78, 5) is 26.3. The number of nitrogens with one attached hydrogen (secondary N) is 1. The third-order valence-corrected chi connectivity index (χ3v) is 8.94. The van der Waals surface area contributed by atoms with Crippen molar-refractivity contribution in [2.45, 2.75) is 83.7 Å². The summed E-state index contributed by atoms with van der Waals surface area (Å²) in [6, 6.07) is 10.9. The molecule has 0 aliphatic heterocycles. The van der Waals surface area contributed by atoms with Crippen LogP contribution >= 0.6 is 0 Å². The molecule has 1 amide bonds. The number of hydrogen-bond acceptors (Lipinski definition) is 7. The highest BCUT2D eigenvalue weighted by atomic mass is 19.1. The predicted molar refractivity (Wildman–Crippen MR) is 173 cm³/mol. The molecule has 2 aliphatic rings. The van der Waals surface area contributed by atoms with Crippen LogP contribution in [0.5, 0.6) is 11.5 Å². The molecule has 2 aromatic carbocycles. The third kappa shape index (κ3) is 6.58. The smallest absolute Gasteiger partial charge is 0.407 e. The zero-order valence-corrected chi connectivity index (χ0v) is 27.2. The Morgan fingerprint density at radius 2 is 1.85 bits per heavy atom. The summed E-state index contributed by atoms with van der Waals surface area (Å²) < 4.78 is 40.5. The lowest BCUT2D eigenvalue weighted by molar-refractivity contribution is 0.0452. The molecule has 1 unspecified atom stereocenters. The Balaban J connectivity index is 1.38. The van der Waals surface area contributed by atoms with E-state index in [1.54, 1.807) is 40.0 Å². The van der Waals surface area contributed by atoms with Crippen molar-refractivity contribution in [3.05, 3.63) is 47.5 Å². The number of ether oxygens (including phenoxy) is 3. The molecule has 246 valence electrons. The van der Waals surface area contributed by atoms with Crippen molar-refractivity contribution in [2.24, 2.45) is 11.8 Å². The van der Waals surface area contributed by atoms with Crippen molar-refractivity contribution in [3.63, 3.8) is 0 Å². The Morgan fingerprint density at radius 3 is 2.52 bits per heavy atom. The Labute approximate surface area is 268 Å². The van der Waals surface area contributed by atoms with E-state index >= 15 is 0 Å². The number of carbonyl (C=O) groups excluding carboxylic acids is 2. The van der Waals surface area contributed by atoms with Crippen LogP contribution in [0, 0.1) is 11.8 Å². The van der Waals surface area contributed by atoms with E-state index in [1.165, 1.54) is 20.0 Å². The topological polar surface area (TPSA) is 112 Å². The lowest BCUT2D eigenvalue weighted by Gasteiger charge is -2.32. The SMILES string of the molecule is COc1ccc2cc(-c3oc4cc(C(=O)C5C[C@H](F)C[C@@H](NC(=O)OC(C)(C)C)C5)cc(OC)c4c3CCO)n(CC3CC3)c2c1. The molecule has 4 aromatic rings. The lowest BCUT2D eigenvalue weighted by Crippen LogP contribution is -2.45. The number of aliphatic hydroxyl groups excluding tert-OH is 1. The molecule has 6 rings (SSSR count). The van der Waals surface area contributed by atoms with Crippen LogP contribution in [0.15, 0.2) is 40.8 Å². The minimum Gasteiger partial charge on any atom is -0.497 e. The number of alkyl carbamates (subject to hydrolysis) is 1. The maximum Gasteiger partial charge on any atom is 0.407 e. The molecule has 9 nitrogen and oxygen atoms in total. The molecule has 2 fully saturated rings. The number of methoxy groups -OCH3 is 2. The van der Waals surface area contributed by atoms with Gasteiger partial charge in [-0.2, -0.15) is 0 Å². The molecule has 2 aliphatic carbocycles. The van der Waals surface area contributed by atoms with E-state index < -0.39 is 29.8 Å². The number of nitrogens with zero attached hydrogens (tertiary/aromatic N) is 1. The average molecular weight is 635 g/mol. The van der Waals surface area contributed by atoms with E-state index in [-0.39, 0.29) is 25.2 Å². The van der Waals surface area contributed by atoms with Crippen molar-refractivity contribution in [1.82, 2.24) is 9.88 Å². The molecule has 0 spiro atoms. The van der Waals surface area contributed by atoms with Gasteiger partial charge in [0.2, 0.25) is 0 Å². The highest BCUT2D eigenvalue weighted by Gasteiger charge is 2.36. The number of Topliss-reactive ketones (excluding diaryl/α,β-unsaturated/α-hetero) is 1. The van der Waals surface area contributed by atoms with Crippen LogP contribution in [0.25, 0.3) is 33.3 Å². The van der Waals surface area contributed by atoms with Gasteiger partial charge in [0.25, 0.3) is 0 Å². The van der Waals surface area contributed by atoms with Crippen molar-refractivity contribution < 1.29 is 37.7 Å². The number of amides is 1. The van der Waals surface area contributed by atoms with Gasteiger partial charge in [-0.1, -0.05) is 0 Å². The standard InChI is InChI=1S/C36H43FN2O7/c1-36(2,3)46-35(42)38-25-13-22(12-24(37)17-25)33(41)23-15-30(44-5)32-27(10-11-40)34(45-31(32)16-23)29-14-21-8-9-26(43-4)18-28(21)39(29)19-20-6-7-20/h8-9,14-16,18,20,22,24-25,40H,6-7,10-13,17,19H2,1-5H3,(H,38,42)/t22?,24-,25-/m0/s1.